The van der Waals surface area contributed by atoms with Crippen molar-refractivity contribution >= 4 is 21.4 Å². The van der Waals surface area contributed by atoms with Crippen molar-refractivity contribution in [3.63, 3.8) is 0 Å². The molecule has 0 bridgehead atoms. The zero-order chi connectivity index (χ0) is 14.0. The second-order valence-electron chi connectivity index (χ2n) is 4.18. The number of pyridine rings is 1. The lowest BCUT2D eigenvalue weighted by molar-refractivity contribution is 0.583. The summed E-state index contributed by atoms with van der Waals surface area (Å²) in [5.41, 5.74) is 0.611. The molecule has 2 heterocycles. The summed E-state index contributed by atoms with van der Waals surface area (Å²) in [6.45, 7) is 2.02. The van der Waals surface area contributed by atoms with E-state index in [4.69, 9.17) is 0 Å². The Balaban J connectivity index is 2.14. The molecule has 0 spiro atoms. The van der Waals surface area contributed by atoms with Crippen molar-refractivity contribution in [3.8, 4) is 0 Å². The van der Waals surface area contributed by atoms with Gasteiger partial charge in [0.25, 0.3) is 0 Å². The second kappa shape index (κ2) is 5.28. The van der Waals surface area contributed by atoms with Crippen LogP contribution in [0, 0.1) is 6.92 Å². The molecule has 2 aromatic rings. The number of aryl methyl sites for hydroxylation is 2. The molecule has 102 valence electrons. The molecule has 0 radical (unpaired) electrons. The Hall–Kier alpha value is -1.44. The molecule has 0 aliphatic rings. The van der Waals surface area contributed by atoms with Crippen LogP contribution in [-0.2, 0) is 23.6 Å². The Labute approximate surface area is 115 Å². The number of aromatic nitrogens is 1. The number of hydrogen-bond acceptors (Lipinski definition) is 4. The van der Waals surface area contributed by atoms with Gasteiger partial charge in [0.15, 0.2) is 0 Å². The van der Waals surface area contributed by atoms with E-state index in [1.165, 1.54) is 22.0 Å². The van der Waals surface area contributed by atoms with Crippen molar-refractivity contribution < 1.29 is 8.42 Å². The van der Waals surface area contributed by atoms with E-state index in [-0.39, 0.29) is 12.1 Å². The summed E-state index contributed by atoms with van der Waals surface area (Å²) in [7, 11) is -1.85. The van der Waals surface area contributed by atoms with Crippen LogP contribution in [0.5, 0.6) is 0 Å². The third kappa shape index (κ3) is 3.31. The monoisotopic (exact) mass is 298 g/mol. The van der Waals surface area contributed by atoms with Crippen LogP contribution in [-0.4, -0.2) is 13.0 Å². The molecule has 0 fully saturated rings. The lowest BCUT2D eigenvalue weighted by Crippen LogP contribution is -2.24. The lowest BCUT2D eigenvalue weighted by Gasteiger charge is -2.06. The second-order valence-corrected chi connectivity index (χ2v) is 7.46. The van der Waals surface area contributed by atoms with Crippen LogP contribution in [0.3, 0.4) is 0 Å². The van der Waals surface area contributed by atoms with E-state index in [0.29, 0.717) is 4.21 Å². The van der Waals surface area contributed by atoms with Crippen LogP contribution >= 0.6 is 11.3 Å². The molecule has 2 aromatic heterocycles. The van der Waals surface area contributed by atoms with E-state index in [1.807, 2.05) is 6.92 Å². The molecular formula is C12H14N2O3S2. The van der Waals surface area contributed by atoms with Gasteiger partial charge in [-0.25, -0.2) is 13.1 Å². The van der Waals surface area contributed by atoms with Crippen LogP contribution in [0.1, 0.15) is 10.4 Å². The molecule has 0 amide bonds. The smallest absolute Gasteiger partial charge is 0.250 e. The zero-order valence-electron chi connectivity index (χ0n) is 10.6. The first kappa shape index (κ1) is 14.0. The van der Waals surface area contributed by atoms with Gasteiger partial charge in [0.2, 0.25) is 15.6 Å². The molecular weight excluding hydrogens is 284 g/mol. The maximum Gasteiger partial charge on any atom is 0.250 e. The highest BCUT2D eigenvalue weighted by Gasteiger charge is 2.15. The minimum Gasteiger partial charge on any atom is -0.318 e. The quantitative estimate of drug-likeness (QED) is 0.923. The van der Waals surface area contributed by atoms with Gasteiger partial charge in [0, 0.05) is 30.7 Å². The molecule has 0 aromatic carbocycles. The predicted molar refractivity (Wildman–Crippen MR) is 74.8 cm³/mol. The zero-order valence-corrected chi connectivity index (χ0v) is 12.2. The molecule has 2 rings (SSSR count). The highest BCUT2D eigenvalue weighted by Crippen LogP contribution is 2.20. The van der Waals surface area contributed by atoms with Gasteiger partial charge < -0.3 is 4.57 Å². The minimum absolute atomic E-state index is 0.125. The molecule has 0 aliphatic heterocycles. The molecule has 0 aliphatic carbocycles. The maximum absolute atomic E-state index is 12.0. The van der Waals surface area contributed by atoms with Gasteiger partial charge in [0.1, 0.15) is 4.21 Å². The number of nitrogens with one attached hydrogen (secondary N) is 1. The van der Waals surface area contributed by atoms with E-state index in [1.54, 1.807) is 31.4 Å². The topological polar surface area (TPSA) is 68.2 Å². The van der Waals surface area contributed by atoms with Gasteiger partial charge in [-0.3, -0.25) is 4.79 Å². The summed E-state index contributed by atoms with van der Waals surface area (Å²) >= 11 is 1.23. The van der Waals surface area contributed by atoms with Gasteiger partial charge in [0.05, 0.1) is 0 Å². The minimum atomic E-state index is -3.48. The van der Waals surface area contributed by atoms with E-state index < -0.39 is 10.0 Å². The van der Waals surface area contributed by atoms with E-state index >= 15 is 0 Å². The normalized spacial score (nSPS) is 11.7. The SMILES string of the molecule is Cc1ccc(S(=O)(=O)NCc2ccc(=O)n(C)c2)s1. The Kier molecular flexibility index (Phi) is 3.88. The first-order valence-corrected chi connectivity index (χ1v) is 7.90. The Bertz CT molecular complexity index is 744. The lowest BCUT2D eigenvalue weighted by atomic mass is 10.3. The Morgan fingerprint density at radius 3 is 2.58 bits per heavy atom. The largest absolute Gasteiger partial charge is 0.318 e. The van der Waals surface area contributed by atoms with E-state index in [2.05, 4.69) is 4.72 Å². The number of sulfonamides is 1. The standard InChI is InChI=1S/C12H14N2O3S2/c1-9-3-6-12(18-9)19(16,17)13-7-10-4-5-11(15)14(2)8-10/h3-6,8,13H,7H2,1-2H3. The highest BCUT2D eigenvalue weighted by molar-refractivity contribution is 7.91. The molecule has 0 unspecified atom stereocenters. The molecule has 19 heavy (non-hydrogen) atoms. The Morgan fingerprint density at radius 1 is 1.26 bits per heavy atom. The average Bonchev–Trinajstić information content (AvgIpc) is 2.78. The van der Waals surface area contributed by atoms with Crippen molar-refractivity contribution in [2.75, 3.05) is 0 Å². The molecule has 0 saturated carbocycles. The van der Waals surface area contributed by atoms with Crippen molar-refractivity contribution in [1.82, 2.24) is 9.29 Å². The van der Waals surface area contributed by atoms with Crippen molar-refractivity contribution in [1.29, 1.82) is 0 Å². The van der Waals surface area contributed by atoms with Crippen molar-refractivity contribution in [2.24, 2.45) is 7.05 Å². The third-order valence-electron chi connectivity index (χ3n) is 2.59. The summed E-state index contributed by atoms with van der Waals surface area (Å²) in [5.74, 6) is 0. The van der Waals surface area contributed by atoms with Gasteiger partial charge in [-0.05, 0) is 24.6 Å². The first-order chi connectivity index (χ1) is 8.88. The molecule has 5 nitrogen and oxygen atoms in total. The fraction of sp³-hybridized carbons (Fsp3) is 0.250. The molecule has 1 N–H and O–H groups in total. The molecule has 7 heteroatoms. The number of hydrogen-bond donors (Lipinski definition) is 1. The van der Waals surface area contributed by atoms with Crippen molar-refractivity contribution in [3.05, 3.63) is 51.3 Å². The fourth-order valence-electron chi connectivity index (χ4n) is 1.56. The fourth-order valence-corrected chi connectivity index (χ4v) is 3.91. The highest BCUT2D eigenvalue weighted by atomic mass is 32.2. The predicted octanol–water partition coefficient (Wildman–Crippen LogP) is 1.23. The number of rotatable bonds is 4. The molecule has 0 atom stereocenters. The molecule has 0 saturated heterocycles. The third-order valence-corrected chi connectivity index (χ3v) is 5.49. The van der Waals surface area contributed by atoms with Crippen LogP contribution in [0.25, 0.3) is 0 Å². The summed E-state index contributed by atoms with van der Waals surface area (Å²) < 4.78 is 28.2. The summed E-state index contributed by atoms with van der Waals surface area (Å²) in [5, 5.41) is 0. The summed E-state index contributed by atoms with van der Waals surface area (Å²) in [6.07, 6.45) is 1.62. The number of nitrogens with zero attached hydrogens (tertiary/aromatic N) is 1. The van der Waals surface area contributed by atoms with Gasteiger partial charge >= 0.3 is 0 Å². The van der Waals surface area contributed by atoms with Gasteiger partial charge in [-0.2, -0.15) is 0 Å². The summed E-state index contributed by atoms with van der Waals surface area (Å²) in [4.78, 5) is 12.2. The van der Waals surface area contributed by atoms with E-state index in [0.717, 1.165) is 10.4 Å². The summed E-state index contributed by atoms with van der Waals surface area (Å²) in [6, 6.07) is 6.39. The van der Waals surface area contributed by atoms with Gasteiger partial charge in [-0.1, -0.05) is 6.07 Å². The van der Waals surface area contributed by atoms with E-state index in [9.17, 15) is 13.2 Å². The van der Waals surface area contributed by atoms with Gasteiger partial charge in [-0.15, -0.1) is 11.3 Å². The van der Waals surface area contributed by atoms with Crippen LogP contribution in [0.4, 0.5) is 0 Å². The maximum atomic E-state index is 12.0. The first-order valence-electron chi connectivity index (χ1n) is 5.60. The number of thiophene rings is 1. The van der Waals surface area contributed by atoms with Crippen LogP contribution in [0.15, 0.2) is 39.5 Å². The van der Waals surface area contributed by atoms with Crippen LogP contribution in [0.2, 0.25) is 0 Å². The Morgan fingerprint density at radius 2 is 2.00 bits per heavy atom. The van der Waals surface area contributed by atoms with Crippen LogP contribution < -0.4 is 10.3 Å². The average molecular weight is 298 g/mol. The van der Waals surface area contributed by atoms with Crippen molar-refractivity contribution in [2.45, 2.75) is 17.7 Å².